The Labute approximate surface area is 72.4 Å². The number of hydrogen-bond acceptors (Lipinski definition) is 3. The van der Waals surface area contributed by atoms with Gasteiger partial charge in [-0.1, -0.05) is 0 Å². The van der Waals surface area contributed by atoms with Gasteiger partial charge < -0.3 is 14.8 Å². The summed E-state index contributed by atoms with van der Waals surface area (Å²) in [5.41, 5.74) is -0.672. The van der Waals surface area contributed by atoms with E-state index in [4.69, 9.17) is 0 Å². The molecule has 2 bridgehead atoms. The first-order valence-electron chi connectivity index (χ1n) is 4.63. The Morgan fingerprint density at radius 1 is 1.58 bits per heavy atom. The summed E-state index contributed by atoms with van der Waals surface area (Å²) in [6, 6.07) is 0. The number of fused-ring (bicyclic) bond motifs is 2. The maximum absolute atomic E-state index is 10.4. The summed E-state index contributed by atoms with van der Waals surface area (Å²) in [7, 11) is 0. The molecule has 2 aliphatic rings. The standard InChI is InChI=1S/C9H15NO2/c11-6-3-9(12)2-5-10-4-1-8(9)7-10/h6,8,12H,1-5,7H2. The van der Waals surface area contributed by atoms with Crippen LogP contribution in [0.25, 0.3) is 0 Å². The molecular weight excluding hydrogens is 154 g/mol. The molecule has 0 radical (unpaired) electrons. The minimum absolute atomic E-state index is 0.325. The third-order valence-corrected chi connectivity index (χ3v) is 3.33. The van der Waals surface area contributed by atoms with Crippen molar-refractivity contribution >= 4 is 6.29 Å². The zero-order valence-corrected chi connectivity index (χ0v) is 7.20. The normalized spacial score (nSPS) is 46.1. The number of rotatable bonds is 2. The lowest BCUT2D eigenvalue weighted by molar-refractivity contribution is -0.117. The van der Waals surface area contributed by atoms with Crippen molar-refractivity contribution in [1.29, 1.82) is 0 Å². The molecule has 2 rings (SSSR count). The van der Waals surface area contributed by atoms with Crippen molar-refractivity contribution in [3.8, 4) is 0 Å². The molecule has 0 spiro atoms. The van der Waals surface area contributed by atoms with Crippen molar-refractivity contribution < 1.29 is 9.90 Å². The summed E-state index contributed by atoms with van der Waals surface area (Å²) < 4.78 is 0. The largest absolute Gasteiger partial charge is 0.389 e. The highest BCUT2D eigenvalue weighted by Crippen LogP contribution is 2.36. The third kappa shape index (κ3) is 1.17. The lowest BCUT2D eigenvalue weighted by Crippen LogP contribution is -2.46. The molecule has 0 aliphatic carbocycles. The Hall–Kier alpha value is -0.410. The average Bonchev–Trinajstić information content (AvgIpc) is 2.45. The highest BCUT2D eigenvalue weighted by atomic mass is 16.3. The summed E-state index contributed by atoms with van der Waals surface area (Å²) in [5, 5.41) is 10.1. The summed E-state index contributed by atoms with van der Waals surface area (Å²) >= 11 is 0. The molecule has 3 nitrogen and oxygen atoms in total. The maximum atomic E-state index is 10.4. The van der Waals surface area contributed by atoms with E-state index in [1.807, 2.05) is 0 Å². The van der Waals surface area contributed by atoms with Crippen molar-refractivity contribution in [2.45, 2.75) is 24.9 Å². The van der Waals surface area contributed by atoms with Crippen LogP contribution in [-0.2, 0) is 4.79 Å². The van der Waals surface area contributed by atoms with Gasteiger partial charge in [0.1, 0.15) is 6.29 Å². The van der Waals surface area contributed by atoms with Crippen LogP contribution in [0.3, 0.4) is 0 Å². The molecule has 12 heavy (non-hydrogen) atoms. The summed E-state index contributed by atoms with van der Waals surface area (Å²) in [6.07, 6.45) is 3.01. The molecule has 0 aromatic heterocycles. The molecule has 2 aliphatic heterocycles. The van der Waals surface area contributed by atoms with E-state index < -0.39 is 5.60 Å². The third-order valence-electron chi connectivity index (χ3n) is 3.33. The summed E-state index contributed by atoms with van der Waals surface area (Å²) in [5.74, 6) is 0.344. The second-order valence-corrected chi connectivity index (χ2v) is 4.01. The van der Waals surface area contributed by atoms with E-state index >= 15 is 0 Å². The van der Waals surface area contributed by atoms with E-state index in [1.54, 1.807) is 0 Å². The minimum atomic E-state index is -0.672. The fourth-order valence-electron chi connectivity index (χ4n) is 2.44. The van der Waals surface area contributed by atoms with Crippen LogP contribution in [0.1, 0.15) is 19.3 Å². The van der Waals surface area contributed by atoms with Crippen LogP contribution < -0.4 is 0 Å². The molecular formula is C9H15NO2. The van der Waals surface area contributed by atoms with E-state index in [9.17, 15) is 9.90 Å². The zero-order chi connectivity index (χ0) is 8.60. The molecule has 0 aromatic rings. The number of piperidine rings is 1. The van der Waals surface area contributed by atoms with Gasteiger partial charge in [0.25, 0.3) is 0 Å². The molecule has 3 atom stereocenters. The predicted molar refractivity (Wildman–Crippen MR) is 44.8 cm³/mol. The van der Waals surface area contributed by atoms with Crippen LogP contribution >= 0.6 is 0 Å². The van der Waals surface area contributed by atoms with Crippen molar-refractivity contribution in [2.24, 2.45) is 5.92 Å². The Kier molecular flexibility index (Phi) is 1.93. The van der Waals surface area contributed by atoms with Gasteiger partial charge in [0, 0.05) is 25.4 Å². The van der Waals surface area contributed by atoms with Crippen molar-refractivity contribution in [2.75, 3.05) is 19.6 Å². The van der Waals surface area contributed by atoms with Crippen molar-refractivity contribution in [3.05, 3.63) is 0 Å². The smallest absolute Gasteiger partial charge is 0.122 e. The lowest BCUT2D eigenvalue weighted by atomic mass is 9.80. The van der Waals surface area contributed by atoms with Gasteiger partial charge >= 0.3 is 0 Å². The van der Waals surface area contributed by atoms with E-state index in [0.717, 1.165) is 38.8 Å². The van der Waals surface area contributed by atoms with Crippen LogP contribution in [0.5, 0.6) is 0 Å². The first kappa shape index (κ1) is 8.20. The number of hydrogen-bond donors (Lipinski definition) is 1. The van der Waals surface area contributed by atoms with E-state index in [2.05, 4.69) is 4.90 Å². The van der Waals surface area contributed by atoms with E-state index in [1.165, 1.54) is 0 Å². The fraction of sp³-hybridized carbons (Fsp3) is 0.889. The Morgan fingerprint density at radius 2 is 2.42 bits per heavy atom. The van der Waals surface area contributed by atoms with Gasteiger partial charge in [0.15, 0.2) is 0 Å². The second-order valence-electron chi connectivity index (χ2n) is 4.01. The van der Waals surface area contributed by atoms with Crippen molar-refractivity contribution in [3.63, 3.8) is 0 Å². The molecule has 3 heteroatoms. The van der Waals surface area contributed by atoms with Gasteiger partial charge in [-0.3, -0.25) is 0 Å². The van der Waals surface area contributed by atoms with E-state index in [-0.39, 0.29) is 0 Å². The predicted octanol–water partition coefficient (Wildman–Crippen LogP) is 0.0321. The van der Waals surface area contributed by atoms with Crippen molar-refractivity contribution in [1.82, 2.24) is 4.90 Å². The van der Waals surface area contributed by atoms with Gasteiger partial charge in [0.2, 0.25) is 0 Å². The van der Waals surface area contributed by atoms with Gasteiger partial charge in [-0.05, 0) is 19.4 Å². The molecule has 68 valence electrons. The molecule has 3 unspecified atom stereocenters. The van der Waals surface area contributed by atoms with Gasteiger partial charge in [0.05, 0.1) is 5.60 Å². The molecule has 1 N–H and O–H groups in total. The highest BCUT2D eigenvalue weighted by molar-refractivity contribution is 5.51. The Bertz CT molecular complexity index is 195. The lowest BCUT2D eigenvalue weighted by Gasteiger charge is -2.37. The average molecular weight is 169 g/mol. The number of aldehydes is 1. The first-order chi connectivity index (χ1) is 5.74. The number of carbonyl (C=O) groups is 1. The Balaban J connectivity index is 2.09. The topological polar surface area (TPSA) is 40.5 Å². The second kappa shape index (κ2) is 2.82. The molecule has 2 heterocycles. The van der Waals surface area contributed by atoms with Crippen LogP contribution in [0.4, 0.5) is 0 Å². The van der Waals surface area contributed by atoms with Crippen LogP contribution in [0.15, 0.2) is 0 Å². The summed E-state index contributed by atoms with van der Waals surface area (Å²) in [6.45, 7) is 3.05. The quantitative estimate of drug-likeness (QED) is 0.593. The Morgan fingerprint density at radius 3 is 3.17 bits per heavy atom. The number of nitrogens with zero attached hydrogens (tertiary/aromatic N) is 1. The van der Waals surface area contributed by atoms with Gasteiger partial charge in [-0.2, -0.15) is 0 Å². The summed E-state index contributed by atoms with van der Waals surface area (Å²) in [4.78, 5) is 12.7. The van der Waals surface area contributed by atoms with Gasteiger partial charge in [-0.25, -0.2) is 0 Å². The van der Waals surface area contributed by atoms with E-state index in [0.29, 0.717) is 12.3 Å². The first-order valence-corrected chi connectivity index (χ1v) is 4.63. The number of carbonyl (C=O) groups excluding carboxylic acids is 1. The maximum Gasteiger partial charge on any atom is 0.122 e. The van der Waals surface area contributed by atoms with Crippen LogP contribution in [0.2, 0.25) is 0 Å². The van der Waals surface area contributed by atoms with Gasteiger partial charge in [-0.15, -0.1) is 0 Å². The van der Waals surface area contributed by atoms with Crippen LogP contribution in [-0.4, -0.2) is 41.5 Å². The minimum Gasteiger partial charge on any atom is -0.389 e. The molecule has 2 fully saturated rings. The zero-order valence-electron chi connectivity index (χ0n) is 7.20. The molecule has 0 aromatic carbocycles. The molecule has 0 amide bonds. The highest BCUT2D eigenvalue weighted by Gasteiger charge is 2.44. The molecule has 2 saturated heterocycles. The monoisotopic (exact) mass is 169 g/mol. The number of aliphatic hydroxyl groups is 1. The molecule has 0 saturated carbocycles. The van der Waals surface area contributed by atoms with Crippen LogP contribution in [0, 0.1) is 5.92 Å². The fourth-order valence-corrected chi connectivity index (χ4v) is 2.44. The SMILES string of the molecule is O=CCC1(O)CCN2CCC1C2.